The maximum Gasteiger partial charge on any atom is 0.230 e. The lowest BCUT2D eigenvalue weighted by molar-refractivity contribution is 0.0963. The first-order chi connectivity index (χ1) is 14.1. The van der Waals surface area contributed by atoms with Gasteiger partial charge in [-0.2, -0.15) is 0 Å². The Bertz CT molecular complexity index is 1240. The summed E-state index contributed by atoms with van der Waals surface area (Å²) < 4.78 is 0. The van der Waals surface area contributed by atoms with Crippen molar-refractivity contribution < 1.29 is 4.79 Å². The Hall–Kier alpha value is -3.19. The Morgan fingerprint density at radius 1 is 1.07 bits per heavy atom. The number of hydrogen-bond acceptors (Lipinski definition) is 7. The van der Waals surface area contributed by atoms with E-state index in [9.17, 15) is 4.79 Å². The number of anilines is 2. The summed E-state index contributed by atoms with van der Waals surface area (Å²) >= 11 is 1.69. The van der Waals surface area contributed by atoms with Crippen LogP contribution in [0.3, 0.4) is 0 Å². The number of fused-ring (bicyclic) bond motifs is 2. The predicted octanol–water partition coefficient (Wildman–Crippen LogP) is 4.75. The maximum absolute atomic E-state index is 12.6. The highest BCUT2D eigenvalue weighted by Crippen LogP contribution is 2.34. The molecule has 0 amide bonds. The number of rotatable bonds is 3. The van der Waals surface area contributed by atoms with E-state index >= 15 is 0 Å². The number of carbonyl (C=O) groups is 1. The molecule has 6 nitrogen and oxygen atoms in total. The van der Waals surface area contributed by atoms with Gasteiger partial charge in [0.25, 0.3) is 0 Å². The standard InChI is InChI=1S/C22H19N5OS/c1-12-5-6-17-15(8-12)13(2)24-22(25-17)27-21-23-11-16-18(26-21)9-14(10-19(16)28)20-4-3-7-29-20/h3-8,11,14H,9-10H2,1-2H3,(H,23,24,25,26,27). The zero-order valence-electron chi connectivity index (χ0n) is 16.1. The van der Waals surface area contributed by atoms with Gasteiger partial charge < -0.3 is 0 Å². The van der Waals surface area contributed by atoms with E-state index in [2.05, 4.69) is 44.3 Å². The third-order valence-electron chi connectivity index (χ3n) is 5.25. The summed E-state index contributed by atoms with van der Waals surface area (Å²) in [7, 11) is 0. The maximum atomic E-state index is 12.6. The second-order valence-corrected chi connectivity index (χ2v) is 8.36. The lowest BCUT2D eigenvalue weighted by Gasteiger charge is -2.22. The van der Waals surface area contributed by atoms with Gasteiger partial charge >= 0.3 is 0 Å². The molecule has 0 saturated carbocycles. The predicted molar refractivity (Wildman–Crippen MR) is 114 cm³/mol. The van der Waals surface area contributed by atoms with Crippen LogP contribution in [0.15, 0.2) is 41.9 Å². The first kappa shape index (κ1) is 17.9. The number of ketones is 1. The minimum atomic E-state index is 0.101. The zero-order valence-corrected chi connectivity index (χ0v) is 17.0. The number of nitrogens with one attached hydrogen (secondary N) is 1. The van der Waals surface area contributed by atoms with Crippen molar-refractivity contribution in [2.24, 2.45) is 0 Å². The van der Waals surface area contributed by atoms with Crippen molar-refractivity contribution in [1.29, 1.82) is 0 Å². The second kappa shape index (κ2) is 7.00. The molecule has 7 heteroatoms. The number of aromatic nitrogens is 4. The average Bonchev–Trinajstić information content (AvgIpc) is 3.23. The molecule has 144 valence electrons. The number of carbonyl (C=O) groups excluding carboxylic acids is 1. The minimum absolute atomic E-state index is 0.101. The Kier molecular flexibility index (Phi) is 4.32. The quantitative estimate of drug-likeness (QED) is 0.533. The van der Waals surface area contributed by atoms with Gasteiger partial charge in [0.2, 0.25) is 11.9 Å². The first-order valence-electron chi connectivity index (χ1n) is 9.51. The lowest BCUT2D eigenvalue weighted by Crippen LogP contribution is -2.20. The van der Waals surface area contributed by atoms with Gasteiger partial charge in [-0.1, -0.05) is 17.7 Å². The first-order valence-corrected chi connectivity index (χ1v) is 10.4. The van der Waals surface area contributed by atoms with E-state index < -0.39 is 0 Å². The number of hydrogen-bond donors (Lipinski definition) is 1. The topological polar surface area (TPSA) is 80.7 Å². The molecule has 0 aliphatic heterocycles. The van der Waals surface area contributed by atoms with Crippen LogP contribution in [0.25, 0.3) is 10.9 Å². The van der Waals surface area contributed by atoms with E-state index in [1.54, 1.807) is 17.5 Å². The number of Topliss-reactive ketones (excluding diaryl/α,β-unsaturated/α-hetero) is 1. The van der Waals surface area contributed by atoms with Gasteiger partial charge in [0.15, 0.2) is 5.78 Å². The van der Waals surface area contributed by atoms with E-state index in [4.69, 9.17) is 0 Å². The van der Waals surface area contributed by atoms with Crippen LogP contribution in [0.4, 0.5) is 11.9 Å². The van der Waals surface area contributed by atoms with Gasteiger partial charge in [-0.25, -0.2) is 19.9 Å². The molecule has 1 aliphatic carbocycles. The Morgan fingerprint density at radius 2 is 1.97 bits per heavy atom. The van der Waals surface area contributed by atoms with Crippen LogP contribution >= 0.6 is 11.3 Å². The molecule has 4 aromatic rings. The van der Waals surface area contributed by atoms with E-state index in [-0.39, 0.29) is 11.7 Å². The largest absolute Gasteiger partial charge is 0.294 e. The number of aryl methyl sites for hydroxylation is 2. The zero-order chi connectivity index (χ0) is 20.0. The van der Waals surface area contributed by atoms with Crippen molar-refractivity contribution in [2.45, 2.75) is 32.6 Å². The van der Waals surface area contributed by atoms with Crippen LogP contribution in [0.1, 0.15) is 44.5 Å². The molecule has 0 fully saturated rings. The van der Waals surface area contributed by atoms with Crippen LogP contribution in [0, 0.1) is 13.8 Å². The van der Waals surface area contributed by atoms with Crippen LogP contribution in [-0.4, -0.2) is 25.7 Å². The van der Waals surface area contributed by atoms with Crippen LogP contribution in [0.5, 0.6) is 0 Å². The molecular formula is C22H19N5OS. The fraction of sp³-hybridized carbons (Fsp3) is 0.227. The summed E-state index contributed by atoms with van der Waals surface area (Å²) in [6.07, 6.45) is 2.86. The third-order valence-corrected chi connectivity index (χ3v) is 6.29. The average molecular weight is 401 g/mol. The van der Waals surface area contributed by atoms with E-state index in [1.165, 1.54) is 10.4 Å². The van der Waals surface area contributed by atoms with Crippen LogP contribution in [-0.2, 0) is 6.42 Å². The number of benzene rings is 1. The van der Waals surface area contributed by atoms with Crippen LogP contribution in [0.2, 0.25) is 0 Å². The summed E-state index contributed by atoms with van der Waals surface area (Å²) in [5.41, 5.74) is 4.34. The summed E-state index contributed by atoms with van der Waals surface area (Å²) in [4.78, 5) is 31.9. The summed E-state index contributed by atoms with van der Waals surface area (Å²) in [5, 5.41) is 6.19. The van der Waals surface area contributed by atoms with Crippen molar-refractivity contribution >= 4 is 39.9 Å². The summed E-state index contributed by atoms with van der Waals surface area (Å²) in [6.45, 7) is 4.02. The normalized spacial score (nSPS) is 16.1. The fourth-order valence-electron chi connectivity index (χ4n) is 3.78. The minimum Gasteiger partial charge on any atom is -0.294 e. The third kappa shape index (κ3) is 3.38. The molecule has 1 aromatic carbocycles. The van der Waals surface area contributed by atoms with Gasteiger partial charge in [-0.15, -0.1) is 11.3 Å². The molecule has 3 heterocycles. The van der Waals surface area contributed by atoms with Crippen molar-refractivity contribution in [3.8, 4) is 0 Å². The molecule has 29 heavy (non-hydrogen) atoms. The highest BCUT2D eigenvalue weighted by Gasteiger charge is 2.28. The SMILES string of the molecule is Cc1ccc2nc(Nc3ncc4c(n3)CC(c3cccs3)CC4=O)nc(C)c2c1. The Labute approximate surface area is 172 Å². The fourth-order valence-corrected chi connectivity index (χ4v) is 4.61. The monoisotopic (exact) mass is 401 g/mol. The molecule has 1 unspecified atom stereocenters. The van der Waals surface area contributed by atoms with Gasteiger partial charge in [0.05, 0.1) is 22.5 Å². The second-order valence-electron chi connectivity index (χ2n) is 7.38. The summed E-state index contributed by atoms with van der Waals surface area (Å²) in [6, 6.07) is 10.2. The van der Waals surface area contributed by atoms with Gasteiger partial charge in [-0.3, -0.25) is 10.1 Å². The van der Waals surface area contributed by atoms with Crippen molar-refractivity contribution in [1.82, 2.24) is 19.9 Å². The highest BCUT2D eigenvalue weighted by atomic mass is 32.1. The molecule has 0 radical (unpaired) electrons. The van der Waals surface area contributed by atoms with Crippen molar-refractivity contribution in [2.75, 3.05) is 5.32 Å². The molecule has 0 saturated heterocycles. The number of nitrogens with zero attached hydrogens (tertiary/aromatic N) is 4. The van der Waals surface area contributed by atoms with Crippen molar-refractivity contribution in [3.63, 3.8) is 0 Å². The van der Waals surface area contributed by atoms with E-state index in [0.29, 0.717) is 23.9 Å². The smallest absolute Gasteiger partial charge is 0.230 e. The van der Waals surface area contributed by atoms with Crippen LogP contribution < -0.4 is 5.32 Å². The molecule has 1 N–H and O–H groups in total. The van der Waals surface area contributed by atoms with E-state index in [1.807, 2.05) is 30.5 Å². The lowest BCUT2D eigenvalue weighted by atomic mass is 9.86. The Balaban J connectivity index is 1.46. The molecule has 1 atom stereocenters. The number of thiophene rings is 1. The molecule has 1 aliphatic rings. The molecule has 3 aromatic heterocycles. The Morgan fingerprint density at radius 3 is 2.79 bits per heavy atom. The summed E-state index contributed by atoms with van der Waals surface area (Å²) in [5.74, 6) is 1.15. The van der Waals surface area contributed by atoms with Gasteiger partial charge in [0.1, 0.15) is 0 Å². The molecular weight excluding hydrogens is 382 g/mol. The molecule has 0 spiro atoms. The van der Waals surface area contributed by atoms with Gasteiger partial charge in [-0.05, 0) is 43.8 Å². The molecule has 5 rings (SSSR count). The van der Waals surface area contributed by atoms with Crippen molar-refractivity contribution in [3.05, 3.63) is 69.3 Å². The molecule has 0 bridgehead atoms. The van der Waals surface area contributed by atoms with Gasteiger partial charge in [0, 0.05) is 28.8 Å². The highest BCUT2D eigenvalue weighted by molar-refractivity contribution is 7.10. The van der Waals surface area contributed by atoms with E-state index in [0.717, 1.165) is 28.7 Å².